The van der Waals surface area contributed by atoms with Crippen molar-refractivity contribution in [2.45, 2.75) is 56.6 Å². The SMILES string of the molecule is COC(=O)[C@@H]1COC(c2nc3oc2[C@@]24c5ccccc5NC2Oc2ccc(cc24)C[C@H](NC(=O)OCc2ccccc2)C(=O)N[C@H]3C(C)C)=N1. The summed E-state index contributed by atoms with van der Waals surface area (Å²) in [5, 5.41) is 9.39. The Labute approximate surface area is 287 Å². The summed E-state index contributed by atoms with van der Waals surface area (Å²) in [5.74, 6) is 0.162. The van der Waals surface area contributed by atoms with Crippen LogP contribution >= 0.6 is 0 Å². The fourth-order valence-electron chi connectivity index (χ4n) is 7.12. The topological polar surface area (TPSA) is 163 Å². The molecule has 5 heterocycles. The normalized spacial score (nSPS) is 24.2. The lowest BCUT2D eigenvalue weighted by Gasteiger charge is -2.28. The van der Waals surface area contributed by atoms with Crippen molar-refractivity contribution in [3.8, 4) is 5.75 Å². The fraction of sp³-hybridized carbons (Fsp3) is 0.324. The van der Waals surface area contributed by atoms with Crippen molar-refractivity contribution in [3.05, 3.63) is 112 Å². The maximum atomic E-state index is 14.1. The Kier molecular flexibility index (Phi) is 7.69. The highest BCUT2D eigenvalue weighted by Crippen LogP contribution is 2.58. The number of hydrogen-bond acceptors (Lipinski definition) is 11. The molecule has 0 radical (unpaired) electrons. The number of esters is 1. The zero-order chi connectivity index (χ0) is 34.6. The van der Waals surface area contributed by atoms with E-state index in [1.165, 1.54) is 7.11 Å². The van der Waals surface area contributed by atoms with Crippen molar-refractivity contribution >= 4 is 29.6 Å². The first-order valence-corrected chi connectivity index (χ1v) is 16.5. The highest BCUT2D eigenvalue weighted by Gasteiger charge is 2.61. The molecule has 0 fully saturated rings. The predicted octanol–water partition coefficient (Wildman–Crippen LogP) is 4.14. The first-order chi connectivity index (χ1) is 24.3. The van der Waals surface area contributed by atoms with Crippen molar-refractivity contribution in [2.24, 2.45) is 10.9 Å². The number of ether oxygens (including phenoxy) is 4. The number of rotatable bonds is 6. The van der Waals surface area contributed by atoms with E-state index in [0.717, 1.165) is 27.9 Å². The maximum absolute atomic E-state index is 14.1. The molecule has 0 saturated carbocycles. The highest BCUT2D eigenvalue weighted by molar-refractivity contribution is 5.98. The van der Waals surface area contributed by atoms with Crippen molar-refractivity contribution < 1.29 is 37.7 Å². The molecule has 2 amide bonds. The summed E-state index contributed by atoms with van der Waals surface area (Å²) >= 11 is 0. The zero-order valence-corrected chi connectivity index (χ0v) is 27.6. The first-order valence-electron chi connectivity index (χ1n) is 16.5. The number of nitrogens with zero attached hydrogens (tertiary/aromatic N) is 2. The van der Waals surface area contributed by atoms with Crippen LogP contribution in [0.2, 0.25) is 0 Å². The highest BCUT2D eigenvalue weighted by atomic mass is 16.6. The fourth-order valence-corrected chi connectivity index (χ4v) is 7.12. The Hall–Kier alpha value is -5.85. The predicted molar refractivity (Wildman–Crippen MR) is 179 cm³/mol. The minimum atomic E-state index is -1.07. The van der Waals surface area contributed by atoms with Gasteiger partial charge in [-0.2, -0.15) is 0 Å². The van der Waals surface area contributed by atoms with Crippen molar-refractivity contribution in [3.63, 3.8) is 0 Å². The van der Waals surface area contributed by atoms with Crippen LogP contribution in [0.4, 0.5) is 10.5 Å². The van der Waals surface area contributed by atoms with Gasteiger partial charge >= 0.3 is 12.1 Å². The molecule has 256 valence electrons. The van der Waals surface area contributed by atoms with E-state index in [2.05, 4.69) is 20.9 Å². The Balaban J connectivity index is 1.27. The summed E-state index contributed by atoms with van der Waals surface area (Å²) in [5.41, 5.74) is 3.31. The van der Waals surface area contributed by atoms with E-state index in [1.54, 1.807) is 0 Å². The van der Waals surface area contributed by atoms with E-state index in [1.807, 2.05) is 86.6 Å². The summed E-state index contributed by atoms with van der Waals surface area (Å²) in [6.45, 7) is 3.89. The van der Waals surface area contributed by atoms with Gasteiger partial charge in [0.05, 0.1) is 7.11 Å². The average molecular weight is 678 g/mol. The van der Waals surface area contributed by atoms with E-state index in [-0.39, 0.29) is 43.0 Å². The Bertz CT molecular complexity index is 2030. The van der Waals surface area contributed by atoms with E-state index in [4.69, 9.17) is 28.3 Å². The number of para-hydroxylation sites is 1. The van der Waals surface area contributed by atoms with Crippen LogP contribution in [0.15, 0.2) is 82.2 Å². The third-order valence-corrected chi connectivity index (χ3v) is 9.57. The lowest BCUT2D eigenvalue weighted by atomic mass is 9.72. The summed E-state index contributed by atoms with van der Waals surface area (Å²) in [6.07, 6.45) is -1.20. The van der Waals surface area contributed by atoms with Gasteiger partial charge in [0.2, 0.25) is 17.7 Å². The van der Waals surface area contributed by atoms with Crippen LogP contribution in [-0.4, -0.2) is 60.9 Å². The van der Waals surface area contributed by atoms with Crippen molar-refractivity contribution in [1.29, 1.82) is 0 Å². The number of carbonyl (C=O) groups is 3. The van der Waals surface area contributed by atoms with E-state index in [0.29, 0.717) is 11.5 Å². The van der Waals surface area contributed by atoms with Crippen LogP contribution in [0, 0.1) is 5.92 Å². The molecule has 0 saturated heterocycles. The van der Waals surface area contributed by atoms with Gasteiger partial charge < -0.3 is 39.3 Å². The molecule has 8 rings (SSSR count). The van der Waals surface area contributed by atoms with Gasteiger partial charge in [0, 0.05) is 17.7 Å². The molecule has 1 aromatic heterocycles. The van der Waals surface area contributed by atoms with Crippen LogP contribution in [0.25, 0.3) is 0 Å². The molecular weight excluding hydrogens is 642 g/mol. The van der Waals surface area contributed by atoms with Gasteiger partial charge in [0.25, 0.3) is 0 Å². The molecule has 0 aliphatic carbocycles. The average Bonchev–Trinajstić information content (AvgIpc) is 3.90. The number of aliphatic imine (C=N–C) groups is 1. The van der Waals surface area contributed by atoms with Crippen LogP contribution in [-0.2, 0) is 42.2 Å². The molecule has 50 heavy (non-hydrogen) atoms. The number of amides is 2. The summed E-state index contributed by atoms with van der Waals surface area (Å²) < 4.78 is 29.8. The third kappa shape index (κ3) is 5.11. The van der Waals surface area contributed by atoms with Crippen LogP contribution in [0.5, 0.6) is 5.75 Å². The van der Waals surface area contributed by atoms with Crippen molar-refractivity contribution in [1.82, 2.24) is 15.6 Å². The molecule has 4 aliphatic heterocycles. The van der Waals surface area contributed by atoms with E-state index >= 15 is 0 Å². The Morgan fingerprint density at radius 3 is 2.64 bits per heavy atom. The van der Waals surface area contributed by atoms with Gasteiger partial charge in [-0.3, -0.25) is 4.79 Å². The van der Waals surface area contributed by atoms with Gasteiger partial charge in [-0.15, -0.1) is 0 Å². The number of aromatic nitrogens is 1. The number of methoxy groups -OCH3 is 1. The summed E-state index contributed by atoms with van der Waals surface area (Å²) in [6, 6.07) is 20.3. The summed E-state index contributed by atoms with van der Waals surface area (Å²) in [4.78, 5) is 49.1. The quantitative estimate of drug-likeness (QED) is 0.253. The minimum absolute atomic E-state index is 0.0236. The molecule has 3 N–H and O–H groups in total. The van der Waals surface area contributed by atoms with Gasteiger partial charge in [-0.25, -0.2) is 19.6 Å². The summed E-state index contributed by atoms with van der Waals surface area (Å²) in [7, 11) is 1.30. The lowest BCUT2D eigenvalue weighted by molar-refractivity contribution is -0.142. The van der Waals surface area contributed by atoms with Gasteiger partial charge in [0.15, 0.2) is 23.7 Å². The molecule has 4 bridgehead atoms. The Morgan fingerprint density at radius 2 is 1.84 bits per heavy atom. The molecule has 1 unspecified atom stereocenters. The van der Waals surface area contributed by atoms with Gasteiger partial charge in [-0.05, 0) is 34.7 Å². The molecule has 13 nitrogen and oxygen atoms in total. The largest absolute Gasteiger partial charge is 0.473 e. The number of oxazole rings is 1. The molecule has 3 aromatic carbocycles. The third-order valence-electron chi connectivity index (χ3n) is 9.57. The standard InChI is InChI=1S/C37H35N5O8/c1-19(2)28-33-42-29(32-38-26(18-47-32)34(44)46-3)30(50-33)37-22-11-7-8-12-24(22)39-35(37)49-27-14-13-21(15-23(27)37)16-25(31(43)41-28)40-36(45)48-17-20-9-5-4-6-10-20/h4-15,19,25-26,28,35,39H,16-18H2,1-3H3,(H,40,45)(H,41,43)/t25-,26-,28-,35?,37-/m0/s1. The maximum Gasteiger partial charge on any atom is 0.408 e. The smallest absolute Gasteiger partial charge is 0.408 e. The van der Waals surface area contributed by atoms with Gasteiger partial charge in [-0.1, -0.05) is 74.5 Å². The first kappa shape index (κ1) is 31.4. The van der Waals surface area contributed by atoms with Crippen LogP contribution < -0.4 is 20.7 Å². The second-order valence-electron chi connectivity index (χ2n) is 13.0. The number of hydrogen-bond donors (Lipinski definition) is 3. The molecule has 4 aromatic rings. The monoisotopic (exact) mass is 677 g/mol. The van der Waals surface area contributed by atoms with E-state index in [9.17, 15) is 14.4 Å². The molecule has 1 spiro atoms. The van der Waals surface area contributed by atoms with Gasteiger partial charge in [0.1, 0.15) is 36.5 Å². The van der Waals surface area contributed by atoms with Crippen molar-refractivity contribution in [2.75, 3.05) is 19.0 Å². The number of carbonyl (C=O) groups excluding carboxylic acids is 3. The second-order valence-corrected chi connectivity index (χ2v) is 13.0. The molecule has 4 aliphatic rings. The number of benzene rings is 3. The number of fused-ring (bicyclic) bond motifs is 4. The second kappa shape index (κ2) is 12.2. The van der Waals surface area contributed by atoms with Crippen LogP contribution in [0.1, 0.15) is 59.5 Å². The molecular formula is C37H35N5O8. The number of alkyl carbamates (subject to hydrolysis) is 1. The minimum Gasteiger partial charge on any atom is -0.473 e. The lowest BCUT2D eigenvalue weighted by Crippen LogP contribution is -2.49. The number of anilines is 1. The zero-order valence-electron chi connectivity index (χ0n) is 27.6. The van der Waals surface area contributed by atoms with E-state index < -0.39 is 47.7 Å². The molecule has 13 heteroatoms. The Morgan fingerprint density at radius 1 is 1.04 bits per heavy atom. The molecule has 5 atom stereocenters. The van der Waals surface area contributed by atoms with Crippen LogP contribution in [0.3, 0.4) is 0 Å². The number of nitrogens with one attached hydrogen (secondary N) is 3.